The predicted octanol–water partition coefficient (Wildman–Crippen LogP) is 2.96. The molecule has 0 saturated heterocycles. The Bertz CT molecular complexity index is 683. The van der Waals surface area contributed by atoms with Gasteiger partial charge >= 0.3 is 0 Å². The summed E-state index contributed by atoms with van der Waals surface area (Å²) in [5, 5.41) is 12.2. The van der Waals surface area contributed by atoms with Crippen molar-refractivity contribution in [1.29, 1.82) is 0 Å². The fraction of sp³-hybridized carbons (Fsp3) is 0.400. The van der Waals surface area contributed by atoms with Crippen LogP contribution in [-0.4, -0.2) is 22.1 Å². The van der Waals surface area contributed by atoms with Gasteiger partial charge in [0.25, 0.3) is 5.69 Å². The molecule has 1 heterocycles. The summed E-state index contributed by atoms with van der Waals surface area (Å²) < 4.78 is 5.79. The molecule has 0 bridgehead atoms. The maximum Gasteiger partial charge on any atom is 0.279 e. The largest absolute Gasteiger partial charge is 0.491 e. The van der Waals surface area contributed by atoms with Gasteiger partial charge in [-0.2, -0.15) is 0 Å². The van der Waals surface area contributed by atoms with E-state index < -0.39 is 10.5 Å². The second kappa shape index (κ2) is 5.65. The first-order valence-corrected chi connectivity index (χ1v) is 6.79. The average Bonchev–Trinajstić information content (AvgIpc) is 2.44. The Kier molecular flexibility index (Phi) is 4.09. The summed E-state index contributed by atoms with van der Waals surface area (Å²) in [6.45, 7) is 6.08. The quantitative estimate of drug-likeness (QED) is 0.675. The number of nitrogens with two attached hydrogens (primary N) is 1. The molecular weight excluding hydrogens is 270 g/mol. The molecule has 0 amide bonds. The summed E-state index contributed by atoms with van der Waals surface area (Å²) in [7, 11) is 0. The molecular formula is C15H19N3O3. The van der Waals surface area contributed by atoms with Gasteiger partial charge in [-0.1, -0.05) is 6.92 Å². The number of aromatic nitrogens is 1. The molecule has 0 aliphatic rings. The van der Waals surface area contributed by atoms with E-state index in [1.54, 1.807) is 12.1 Å². The topological polar surface area (TPSA) is 91.3 Å². The molecule has 112 valence electrons. The standard InChI is InChI=1S/C15H19N3O3/c1-4-15(3,16)9-21-14-6-5-13(18(19)20)12-8-17-10(2)7-11(12)14/h5-8H,4,9,16H2,1-3H3. The third-order valence-electron chi connectivity index (χ3n) is 3.54. The van der Waals surface area contributed by atoms with Crippen LogP contribution in [-0.2, 0) is 0 Å². The van der Waals surface area contributed by atoms with Crippen LogP contribution in [0, 0.1) is 17.0 Å². The molecule has 0 aliphatic carbocycles. The van der Waals surface area contributed by atoms with Gasteiger partial charge in [0.1, 0.15) is 12.4 Å². The molecule has 1 atom stereocenters. The zero-order valence-electron chi connectivity index (χ0n) is 12.4. The molecule has 0 fully saturated rings. The highest BCUT2D eigenvalue weighted by Gasteiger charge is 2.19. The first kappa shape index (κ1) is 15.2. The second-order valence-electron chi connectivity index (χ2n) is 5.51. The Morgan fingerprint density at radius 2 is 2.14 bits per heavy atom. The monoisotopic (exact) mass is 289 g/mol. The van der Waals surface area contributed by atoms with Gasteiger partial charge in [0.2, 0.25) is 0 Å². The lowest BCUT2D eigenvalue weighted by atomic mass is 10.0. The number of fused-ring (bicyclic) bond motifs is 1. The molecule has 0 radical (unpaired) electrons. The number of pyridine rings is 1. The number of aryl methyl sites for hydroxylation is 1. The van der Waals surface area contributed by atoms with Crippen LogP contribution in [0.1, 0.15) is 26.0 Å². The predicted molar refractivity (Wildman–Crippen MR) is 81.5 cm³/mol. The number of nitrogens with zero attached hydrogens (tertiary/aromatic N) is 2. The van der Waals surface area contributed by atoms with E-state index >= 15 is 0 Å². The highest BCUT2D eigenvalue weighted by atomic mass is 16.6. The molecule has 1 aromatic heterocycles. The van der Waals surface area contributed by atoms with Crippen molar-refractivity contribution in [2.24, 2.45) is 5.73 Å². The van der Waals surface area contributed by atoms with Crippen LogP contribution in [0.5, 0.6) is 5.75 Å². The van der Waals surface area contributed by atoms with E-state index in [4.69, 9.17) is 10.5 Å². The Morgan fingerprint density at radius 1 is 1.43 bits per heavy atom. The summed E-state index contributed by atoms with van der Waals surface area (Å²) >= 11 is 0. The van der Waals surface area contributed by atoms with E-state index in [9.17, 15) is 10.1 Å². The Hall–Kier alpha value is -2.21. The van der Waals surface area contributed by atoms with Gasteiger partial charge < -0.3 is 10.5 Å². The summed E-state index contributed by atoms with van der Waals surface area (Å²) in [6, 6.07) is 4.84. The van der Waals surface area contributed by atoms with E-state index in [1.807, 2.05) is 20.8 Å². The fourth-order valence-electron chi connectivity index (χ4n) is 1.93. The number of benzene rings is 1. The molecule has 2 aromatic rings. The minimum Gasteiger partial charge on any atom is -0.491 e. The van der Waals surface area contributed by atoms with Crippen molar-refractivity contribution in [3.05, 3.63) is 40.2 Å². The first-order valence-electron chi connectivity index (χ1n) is 6.79. The van der Waals surface area contributed by atoms with Crippen LogP contribution in [0.15, 0.2) is 24.4 Å². The van der Waals surface area contributed by atoms with E-state index in [1.165, 1.54) is 12.3 Å². The normalized spacial score (nSPS) is 13.9. The zero-order valence-corrected chi connectivity index (χ0v) is 12.4. The van der Waals surface area contributed by atoms with Gasteiger partial charge in [-0.25, -0.2) is 0 Å². The Morgan fingerprint density at radius 3 is 2.76 bits per heavy atom. The number of nitro groups is 1. The number of hydrogen-bond acceptors (Lipinski definition) is 5. The number of ether oxygens (including phenoxy) is 1. The minimum absolute atomic E-state index is 0.0239. The van der Waals surface area contributed by atoms with Crippen LogP contribution < -0.4 is 10.5 Å². The summed E-state index contributed by atoms with van der Waals surface area (Å²) in [5.74, 6) is 0.589. The van der Waals surface area contributed by atoms with Gasteiger partial charge in [-0.15, -0.1) is 0 Å². The summed E-state index contributed by atoms with van der Waals surface area (Å²) in [6.07, 6.45) is 2.29. The van der Waals surface area contributed by atoms with E-state index in [2.05, 4.69) is 4.98 Å². The summed E-state index contributed by atoms with van der Waals surface area (Å²) in [5.41, 5.74) is 6.44. The lowest BCUT2D eigenvalue weighted by Gasteiger charge is -2.23. The molecule has 21 heavy (non-hydrogen) atoms. The van der Waals surface area contributed by atoms with Gasteiger partial charge in [0.05, 0.1) is 10.3 Å². The lowest BCUT2D eigenvalue weighted by Crippen LogP contribution is -2.41. The van der Waals surface area contributed by atoms with Crippen molar-refractivity contribution in [2.45, 2.75) is 32.7 Å². The second-order valence-corrected chi connectivity index (χ2v) is 5.51. The van der Waals surface area contributed by atoms with Crippen LogP contribution in [0.4, 0.5) is 5.69 Å². The molecule has 2 N–H and O–H groups in total. The van der Waals surface area contributed by atoms with Crippen LogP contribution in [0.3, 0.4) is 0 Å². The molecule has 6 heteroatoms. The molecule has 1 aromatic carbocycles. The number of nitro benzene ring substituents is 1. The molecule has 0 aliphatic heterocycles. The van der Waals surface area contributed by atoms with Crippen molar-refractivity contribution < 1.29 is 9.66 Å². The SMILES string of the molecule is CCC(C)(N)COc1ccc([N+](=O)[O-])c2cnc(C)cc12. The zero-order chi connectivity index (χ0) is 15.6. The van der Waals surface area contributed by atoms with Crippen molar-refractivity contribution in [1.82, 2.24) is 4.98 Å². The molecule has 6 nitrogen and oxygen atoms in total. The molecule has 2 rings (SSSR count). The maximum absolute atomic E-state index is 11.1. The maximum atomic E-state index is 11.1. The van der Waals surface area contributed by atoms with Gasteiger partial charge in [0.15, 0.2) is 0 Å². The summed E-state index contributed by atoms with van der Waals surface area (Å²) in [4.78, 5) is 14.8. The number of rotatable bonds is 5. The van der Waals surface area contributed by atoms with Gasteiger partial charge in [0, 0.05) is 28.9 Å². The Labute approximate surface area is 123 Å². The Balaban J connectivity index is 2.48. The number of non-ortho nitro benzene ring substituents is 1. The smallest absolute Gasteiger partial charge is 0.279 e. The highest BCUT2D eigenvalue weighted by molar-refractivity contribution is 5.95. The fourth-order valence-corrected chi connectivity index (χ4v) is 1.93. The first-order chi connectivity index (χ1) is 9.84. The van der Waals surface area contributed by atoms with Crippen LogP contribution in [0.25, 0.3) is 10.8 Å². The minimum atomic E-state index is -0.434. The van der Waals surface area contributed by atoms with Gasteiger partial charge in [-0.3, -0.25) is 15.1 Å². The number of hydrogen-bond donors (Lipinski definition) is 1. The highest BCUT2D eigenvalue weighted by Crippen LogP contribution is 2.33. The third kappa shape index (κ3) is 3.28. The van der Waals surface area contributed by atoms with E-state index in [-0.39, 0.29) is 5.69 Å². The van der Waals surface area contributed by atoms with Crippen molar-refractivity contribution in [3.63, 3.8) is 0 Å². The van der Waals surface area contributed by atoms with E-state index in [0.29, 0.717) is 23.1 Å². The molecule has 0 saturated carbocycles. The molecule has 1 unspecified atom stereocenters. The molecule has 0 spiro atoms. The van der Waals surface area contributed by atoms with Crippen molar-refractivity contribution in [3.8, 4) is 5.75 Å². The van der Waals surface area contributed by atoms with E-state index in [0.717, 1.165) is 12.1 Å². The van der Waals surface area contributed by atoms with Gasteiger partial charge in [-0.05, 0) is 32.4 Å². The lowest BCUT2D eigenvalue weighted by molar-refractivity contribution is -0.383. The van der Waals surface area contributed by atoms with Crippen LogP contribution in [0.2, 0.25) is 0 Å². The average molecular weight is 289 g/mol. The third-order valence-corrected chi connectivity index (χ3v) is 3.54. The van der Waals surface area contributed by atoms with Crippen molar-refractivity contribution >= 4 is 16.5 Å². The van der Waals surface area contributed by atoms with Crippen LogP contribution >= 0.6 is 0 Å². The van der Waals surface area contributed by atoms with Crippen molar-refractivity contribution in [2.75, 3.05) is 6.61 Å².